The SMILES string of the molecule is CN1CCC(c2csc(N)c2)CC1. The molecule has 1 aromatic rings. The minimum atomic E-state index is 0.754. The van der Waals surface area contributed by atoms with Crippen molar-refractivity contribution in [2.24, 2.45) is 0 Å². The van der Waals surface area contributed by atoms with Gasteiger partial charge in [-0.15, -0.1) is 11.3 Å². The molecule has 3 heteroatoms. The van der Waals surface area contributed by atoms with Crippen LogP contribution in [0.3, 0.4) is 0 Å². The highest BCUT2D eigenvalue weighted by molar-refractivity contribution is 7.14. The summed E-state index contributed by atoms with van der Waals surface area (Å²) in [5, 5.41) is 3.17. The van der Waals surface area contributed by atoms with E-state index in [9.17, 15) is 0 Å². The molecule has 1 aromatic heterocycles. The molecule has 2 rings (SSSR count). The molecular formula is C10H16N2S. The van der Waals surface area contributed by atoms with E-state index in [0.29, 0.717) is 0 Å². The zero-order valence-electron chi connectivity index (χ0n) is 7.99. The van der Waals surface area contributed by atoms with Crippen molar-refractivity contribution in [3.8, 4) is 0 Å². The lowest BCUT2D eigenvalue weighted by molar-refractivity contribution is 0.255. The van der Waals surface area contributed by atoms with Gasteiger partial charge in [-0.1, -0.05) is 0 Å². The summed E-state index contributed by atoms with van der Waals surface area (Å²) < 4.78 is 0. The molecule has 0 spiro atoms. The predicted octanol–water partition coefficient (Wildman–Crippen LogP) is 2.14. The van der Waals surface area contributed by atoms with Crippen LogP contribution in [0.1, 0.15) is 24.3 Å². The first-order valence-electron chi connectivity index (χ1n) is 4.78. The Bertz CT molecular complexity index is 274. The Morgan fingerprint density at radius 2 is 2.15 bits per heavy atom. The second-order valence-electron chi connectivity index (χ2n) is 3.86. The van der Waals surface area contributed by atoms with Crippen LogP contribution >= 0.6 is 11.3 Å². The fraction of sp³-hybridized carbons (Fsp3) is 0.600. The zero-order chi connectivity index (χ0) is 9.26. The minimum absolute atomic E-state index is 0.754. The molecule has 72 valence electrons. The highest BCUT2D eigenvalue weighted by atomic mass is 32.1. The molecule has 0 aromatic carbocycles. The van der Waals surface area contributed by atoms with Crippen LogP contribution in [0, 0.1) is 0 Å². The van der Waals surface area contributed by atoms with Crippen LogP contribution in [0.2, 0.25) is 0 Å². The number of hydrogen-bond donors (Lipinski definition) is 1. The van der Waals surface area contributed by atoms with Gasteiger partial charge in [0, 0.05) is 0 Å². The maximum atomic E-state index is 5.72. The number of anilines is 1. The van der Waals surface area contributed by atoms with Gasteiger partial charge in [-0.2, -0.15) is 0 Å². The first-order valence-corrected chi connectivity index (χ1v) is 5.66. The van der Waals surface area contributed by atoms with E-state index in [0.717, 1.165) is 10.9 Å². The van der Waals surface area contributed by atoms with Gasteiger partial charge in [0.2, 0.25) is 0 Å². The number of nitrogen functional groups attached to an aromatic ring is 1. The summed E-state index contributed by atoms with van der Waals surface area (Å²) in [6, 6.07) is 2.14. The topological polar surface area (TPSA) is 29.3 Å². The van der Waals surface area contributed by atoms with Gasteiger partial charge >= 0.3 is 0 Å². The van der Waals surface area contributed by atoms with Crippen LogP contribution in [0.4, 0.5) is 5.00 Å². The molecule has 1 saturated heterocycles. The molecule has 2 nitrogen and oxygen atoms in total. The standard InChI is InChI=1S/C10H16N2S/c1-12-4-2-8(3-5-12)9-6-10(11)13-7-9/h6-8H,2-5,11H2,1H3. The maximum absolute atomic E-state index is 5.72. The summed E-state index contributed by atoms with van der Waals surface area (Å²) in [7, 11) is 2.19. The van der Waals surface area contributed by atoms with E-state index >= 15 is 0 Å². The fourth-order valence-electron chi connectivity index (χ4n) is 1.92. The van der Waals surface area contributed by atoms with E-state index in [1.807, 2.05) is 0 Å². The number of likely N-dealkylation sites (tertiary alicyclic amines) is 1. The number of thiophene rings is 1. The Labute approximate surface area is 83.4 Å². The summed E-state index contributed by atoms with van der Waals surface area (Å²) in [6.07, 6.45) is 2.57. The van der Waals surface area contributed by atoms with Crippen molar-refractivity contribution in [3.63, 3.8) is 0 Å². The van der Waals surface area contributed by atoms with Gasteiger partial charge in [-0.05, 0) is 55.9 Å². The third-order valence-electron chi connectivity index (χ3n) is 2.83. The van der Waals surface area contributed by atoms with Crippen LogP contribution in [0.5, 0.6) is 0 Å². The van der Waals surface area contributed by atoms with E-state index < -0.39 is 0 Å². The summed E-state index contributed by atoms with van der Waals surface area (Å²) in [6.45, 7) is 2.45. The third-order valence-corrected chi connectivity index (χ3v) is 3.61. The van der Waals surface area contributed by atoms with Crippen molar-refractivity contribution >= 4 is 16.3 Å². The van der Waals surface area contributed by atoms with Crippen molar-refractivity contribution in [2.45, 2.75) is 18.8 Å². The van der Waals surface area contributed by atoms with Crippen LogP contribution in [0.15, 0.2) is 11.4 Å². The highest BCUT2D eigenvalue weighted by Crippen LogP contribution is 2.31. The number of nitrogens with two attached hydrogens (primary N) is 1. The van der Waals surface area contributed by atoms with E-state index in [4.69, 9.17) is 5.73 Å². The van der Waals surface area contributed by atoms with Gasteiger partial charge in [0.1, 0.15) is 0 Å². The largest absolute Gasteiger partial charge is 0.391 e. The Hall–Kier alpha value is -0.540. The molecule has 0 aliphatic carbocycles. The number of nitrogens with zero attached hydrogens (tertiary/aromatic N) is 1. The number of hydrogen-bond acceptors (Lipinski definition) is 3. The quantitative estimate of drug-likeness (QED) is 0.745. The van der Waals surface area contributed by atoms with Crippen molar-refractivity contribution in [2.75, 3.05) is 25.9 Å². The number of piperidine rings is 1. The number of rotatable bonds is 1. The average molecular weight is 196 g/mol. The smallest absolute Gasteiger partial charge is 0.0859 e. The Morgan fingerprint density at radius 1 is 1.46 bits per heavy atom. The second-order valence-corrected chi connectivity index (χ2v) is 4.80. The van der Waals surface area contributed by atoms with Crippen molar-refractivity contribution < 1.29 is 0 Å². The molecule has 0 radical (unpaired) electrons. The molecule has 1 aliphatic heterocycles. The average Bonchev–Trinajstić information content (AvgIpc) is 2.53. The van der Waals surface area contributed by atoms with Gasteiger partial charge in [-0.25, -0.2) is 0 Å². The Morgan fingerprint density at radius 3 is 2.69 bits per heavy atom. The molecule has 0 atom stereocenters. The molecule has 0 amide bonds. The fourth-order valence-corrected chi connectivity index (χ4v) is 2.66. The van der Waals surface area contributed by atoms with Gasteiger partial charge in [0.25, 0.3) is 0 Å². The summed E-state index contributed by atoms with van der Waals surface area (Å²) in [4.78, 5) is 2.40. The van der Waals surface area contributed by atoms with E-state index in [2.05, 4.69) is 23.4 Å². The summed E-state index contributed by atoms with van der Waals surface area (Å²) in [5.74, 6) is 0.754. The molecule has 0 unspecified atom stereocenters. The van der Waals surface area contributed by atoms with Gasteiger partial charge in [0.15, 0.2) is 0 Å². The molecule has 1 fully saturated rings. The molecule has 0 bridgehead atoms. The lowest BCUT2D eigenvalue weighted by Crippen LogP contribution is -2.29. The van der Waals surface area contributed by atoms with E-state index in [1.54, 1.807) is 11.3 Å². The molecular weight excluding hydrogens is 180 g/mol. The molecule has 2 N–H and O–H groups in total. The predicted molar refractivity (Wildman–Crippen MR) is 58.2 cm³/mol. The monoisotopic (exact) mass is 196 g/mol. The van der Waals surface area contributed by atoms with Crippen LogP contribution in [-0.4, -0.2) is 25.0 Å². The van der Waals surface area contributed by atoms with Crippen LogP contribution in [-0.2, 0) is 0 Å². The van der Waals surface area contributed by atoms with Gasteiger partial charge in [-0.3, -0.25) is 0 Å². The van der Waals surface area contributed by atoms with E-state index in [-0.39, 0.29) is 0 Å². The van der Waals surface area contributed by atoms with Gasteiger partial charge < -0.3 is 10.6 Å². The van der Waals surface area contributed by atoms with Crippen molar-refractivity contribution in [3.05, 3.63) is 17.0 Å². The van der Waals surface area contributed by atoms with Crippen molar-refractivity contribution in [1.29, 1.82) is 0 Å². The Kier molecular flexibility index (Phi) is 2.56. The van der Waals surface area contributed by atoms with Crippen LogP contribution < -0.4 is 5.73 Å². The normalized spacial score (nSPS) is 20.7. The Balaban J connectivity index is 2.02. The first-order chi connectivity index (χ1) is 6.25. The minimum Gasteiger partial charge on any atom is -0.391 e. The zero-order valence-corrected chi connectivity index (χ0v) is 8.81. The van der Waals surface area contributed by atoms with Crippen molar-refractivity contribution in [1.82, 2.24) is 4.90 Å². The first kappa shape index (κ1) is 9.03. The summed E-state index contributed by atoms with van der Waals surface area (Å²) in [5.41, 5.74) is 7.17. The van der Waals surface area contributed by atoms with Gasteiger partial charge in [0.05, 0.1) is 5.00 Å². The summed E-state index contributed by atoms with van der Waals surface area (Å²) >= 11 is 1.66. The molecule has 2 heterocycles. The molecule has 0 saturated carbocycles. The molecule has 13 heavy (non-hydrogen) atoms. The lowest BCUT2D eigenvalue weighted by Gasteiger charge is -2.28. The lowest BCUT2D eigenvalue weighted by atomic mass is 9.92. The third kappa shape index (κ3) is 2.03. The molecule has 1 aliphatic rings. The van der Waals surface area contributed by atoms with E-state index in [1.165, 1.54) is 31.5 Å². The second kappa shape index (κ2) is 3.68. The van der Waals surface area contributed by atoms with Crippen LogP contribution in [0.25, 0.3) is 0 Å². The highest BCUT2D eigenvalue weighted by Gasteiger charge is 2.18. The maximum Gasteiger partial charge on any atom is 0.0859 e.